The van der Waals surface area contributed by atoms with Gasteiger partial charge in [0.05, 0.1) is 0 Å². The number of rotatable bonds is 3. The van der Waals surface area contributed by atoms with Gasteiger partial charge in [0.2, 0.25) is 5.76 Å². The van der Waals surface area contributed by atoms with Gasteiger partial charge in [0.1, 0.15) is 12.4 Å². The number of aromatic nitrogens is 1. The first-order valence-electron chi connectivity index (χ1n) is 4.56. The van der Waals surface area contributed by atoms with Crippen LogP contribution in [0.4, 0.5) is 4.39 Å². The van der Waals surface area contributed by atoms with Crippen LogP contribution >= 0.6 is 0 Å². The van der Waals surface area contributed by atoms with Crippen molar-refractivity contribution in [2.75, 3.05) is 0 Å². The van der Waals surface area contributed by atoms with E-state index in [1.807, 2.05) is 0 Å². The van der Waals surface area contributed by atoms with Crippen LogP contribution in [0.25, 0.3) is 11.3 Å². The molecule has 0 amide bonds. The van der Waals surface area contributed by atoms with Crippen molar-refractivity contribution < 1.29 is 18.8 Å². The summed E-state index contributed by atoms with van der Waals surface area (Å²) in [5.41, 5.74) is 1.52. The minimum Gasteiger partial charge on any atom is -0.475 e. The first-order chi connectivity index (χ1) is 7.70. The molecule has 1 aromatic carbocycles. The van der Waals surface area contributed by atoms with Gasteiger partial charge < -0.3 is 9.63 Å². The normalized spacial score (nSPS) is 10.3. The van der Waals surface area contributed by atoms with Gasteiger partial charge in [-0.3, -0.25) is 0 Å². The summed E-state index contributed by atoms with van der Waals surface area (Å²) in [6.45, 7) is -0.572. The third-order valence-corrected chi connectivity index (χ3v) is 2.10. The Hall–Kier alpha value is -2.17. The molecule has 1 heterocycles. The molecule has 0 saturated carbocycles. The number of carboxylic acids is 1. The van der Waals surface area contributed by atoms with E-state index in [0.29, 0.717) is 16.8 Å². The maximum Gasteiger partial charge on any atom is 0.374 e. The fraction of sp³-hybridized carbons (Fsp3) is 0.0909. The maximum absolute atomic E-state index is 12.4. The third kappa shape index (κ3) is 1.93. The van der Waals surface area contributed by atoms with Crippen molar-refractivity contribution >= 4 is 5.97 Å². The first-order valence-corrected chi connectivity index (χ1v) is 4.56. The molecule has 82 valence electrons. The van der Waals surface area contributed by atoms with Crippen LogP contribution in [0.5, 0.6) is 0 Å². The number of hydrogen-bond donors (Lipinski definition) is 1. The Labute approximate surface area is 90.3 Å². The molecule has 0 spiro atoms. The van der Waals surface area contributed by atoms with Crippen LogP contribution in [0, 0.1) is 0 Å². The predicted molar refractivity (Wildman–Crippen MR) is 53.7 cm³/mol. The van der Waals surface area contributed by atoms with E-state index in [2.05, 4.69) is 9.68 Å². The molecular weight excluding hydrogens is 213 g/mol. The molecular formula is C11H8FNO3. The summed E-state index contributed by atoms with van der Waals surface area (Å²) in [4.78, 5) is 10.6. The monoisotopic (exact) mass is 221 g/mol. The molecule has 1 aromatic heterocycles. The molecule has 0 radical (unpaired) electrons. The van der Waals surface area contributed by atoms with Crippen LogP contribution in [-0.4, -0.2) is 16.2 Å². The number of alkyl halides is 1. The second-order valence-corrected chi connectivity index (χ2v) is 3.22. The average Bonchev–Trinajstić information content (AvgIpc) is 2.78. The lowest BCUT2D eigenvalue weighted by atomic mass is 10.1. The van der Waals surface area contributed by atoms with E-state index in [0.717, 1.165) is 0 Å². The molecule has 1 N–H and O–H groups in total. The topological polar surface area (TPSA) is 63.3 Å². The Balaban J connectivity index is 2.38. The van der Waals surface area contributed by atoms with Gasteiger partial charge in [0.15, 0.2) is 0 Å². The van der Waals surface area contributed by atoms with E-state index in [9.17, 15) is 9.18 Å². The summed E-state index contributed by atoms with van der Waals surface area (Å²) in [6.07, 6.45) is 0. The highest BCUT2D eigenvalue weighted by molar-refractivity contribution is 5.85. The largest absolute Gasteiger partial charge is 0.475 e. The Morgan fingerprint density at radius 1 is 1.44 bits per heavy atom. The highest BCUT2D eigenvalue weighted by Crippen LogP contribution is 2.20. The average molecular weight is 221 g/mol. The zero-order valence-electron chi connectivity index (χ0n) is 8.18. The second-order valence-electron chi connectivity index (χ2n) is 3.22. The Bertz CT molecular complexity index is 521. The van der Waals surface area contributed by atoms with Gasteiger partial charge in [0.25, 0.3) is 0 Å². The molecule has 0 aliphatic rings. The van der Waals surface area contributed by atoms with Gasteiger partial charge in [-0.2, -0.15) is 0 Å². The van der Waals surface area contributed by atoms with Crippen molar-refractivity contribution in [3.05, 3.63) is 41.7 Å². The van der Waals surface area contributed by atoms with E-state index in [1.54, 1.807) is 24.3 Å². The zero-order chi connectivity index (χ0) is 11.5. The van der Waals surface area contributed by atoms with Crippen LogP contribution in [0.15, 0.2) is 34.9 Å². The smallest absolute Gasteiger partial charge is 0.374 e. The lowest BCUT2D eigenvalue weighted by Crippen LogP contribution is -1.91. The number of halogens is 1. The minimum atomic E-state index is -1.18. The molecule has 16 heavy (non-hydrogen) atoms. The van der Waals surface area contributed by atoms with Crippen molar-refractivity contribution in [1.29, 1.82) is 0 Å². The van der Waals surface area contributed by atoms with Crippen LogP contribution in [0.1, 0.15) is 16.1 Å². The summed E-state index contributed by atoms with van der Waals surface area (Å²) < 4.78 is 17.0. The Morgan fingerprint density at radius 2 is 2.25 bits per heavy atom. The first kappa shape index (κ1) is 10.4. The molecule has 4 nitrogen and oxygen atoms in total. The number of carbonyl (C=O) groups is 1. The van der Waals surface area contributed by atoms with Crippen molar-refractivity contribution in [3.8, 4) is 11.3 Å². The van der Waals surface area contributed by atoms with Crippen molar-refractivity contribution in [2.45, 2.75) is 6.67 Å². The highest BCUT2D eigenvalue weighted by Gasteiger charge is 2.12. The standard InChI is InChI=1S/C11H8FNO3/c12-6-7-2-1-3-8(4-7)9-5-10(11(14)15)16-13-9/h1-5H,6H2,(H,14,15). The Kier molecular flexibility index (Phi) is 2.68. The number of nitrogens with zero attached hydrogens (tertiary/aromatic N) is 1. The van der Waals surface area contributed by atoms with E-state index >= 15 is 0 Å². The van der Waals surface area contributed by atoms with Crippen LogP contribution in [0.3, 0.4) is 0 Å². The van der Waals surface area contributed by atoms with Crippen molar-refractivity contribution in [2.24, 2.45) is 0 Å². The maximum atomic E-state index is 12.4. The fourth-order valence-corrected chi connectivity index (χ4v) is 1.33. The fourth-order valence-electron chi connectivity index (χ4n) is 1.33. The molecule has 5 heteroatoms. The molecule has 0 unspecified atom stereocenters. The molecule has 0 saturated heterocycles. The van der Waals surface area contributed by atoms with Crippen LogP contribution < -0.4 is 0 Å². The van der Waals surface area contributed by atoms with Crippen molar-refractivity contribution in [1.82, 2.24) is 5.16 Å². The molecule has 0 aliphatic carbocycles. The van der Waals surface area contributed by atoms with E-state index in [1.165, 1.54) is 6.07 Å². The van der Waals surface area contributed by atoms with Gasteiger partial charge >= 0.3 is 5.97 Å². The minimum absolute atomic E-state index is 0.236. The van der Waals surface area contributed by atoms with Crippen LogP contribution in [-0.2, 0) is 6.67 Å². The molecule has 0 fully saturated rings. The van der Waals surface area contributed by atoms with Crippen molar-refractivity contribution in [3.63, 3.8) is 0 Å². The lowest BCUT2D eigenvalue weighted by molar-refractivity contribution is 0.0652. The summed E-state index contributed by atoms with van der Waals surface area (Å²) in [5.74, 6) is -1.42. The quantitative estimate of drug-likeness (QED) is 0.864. The summed E-state index contributed by atoms with van der Waals surface area (Å²) in [5, 5.41) is 12.3. The Morgan fingerprint density at radius 3 is 2.88 bits per heavy atom. The highest BCUT2D eigenvalue weighted by atomic mass is 19.1. The summed E-state index contributed by atoms with van der Waals surface area (Å²) in [6, 6.07) is 7.94. The van der Waals surface area contributed by atoms with Gasteiger partial charge in [-0.05, 0) is 11.6 Å². The summed E-state index contributed by atoms with van der Waals surface area (Å²) >= 11 is 0. The predicted octanol–water partition coefficient (Wildman–Crippen LogP) is 2.51. The SMILES string of the molecule is O=C(O)c1cc(-c2cccc(CF)c2)no1. The second kappa shape index (κ2) is 4.14. The third-order valence-electron chi connectivity index (χ3n) is 2.10. The van der Waals surface area contributed by atoms with Gasteiger partial charge in [0, 0.05) is 11.6 Å². The van der Waals surface area contributed by atoms with E-state index in [4.69, 9.17) is 5.11 Å². The van der Waals surface area contributed by atoms with Gasteiger partial charge in [-0.1, -0.05) is 23.4 Å². The molecule has 2 aromatic rings. The van der Waals surface area contributed by atoms with Crippen LogP contribution in [0.2, 0.25) is 0 Å². The number of aromatic carboxylic acids is 1. The molecule has 2 rings (SSSR count). The summed E-state index contributed by atoms with van der Waals surface area (Å²) in [7, 11) is 0. The van der Waals surface area contributed by atoms with Gasteiger partial charge in [-0.25, -0.2) is 9.18 Å². The van der Waals surface area contributed by atoms with Gasteiger partial charge in [-0.15, -0.1) is 0 Å². The van der Waals surface area contributed by atoms with E-state index in [-0.39, 0.29) is 5.76 Å². The van der Waals surface area contributed by atoms with E-state index < -0.39 is 12.6 Å². The molecule has 0 bridgehead atoms. The molecule has 0 atom stereocenters. The number of hydrogen-bond acceptors (Lipinski definition) is 3. The molecule has 0 aliphatic heterocycles. The lowest BCUT2D eigenvalue weighted by Gasteiger charge is -1.97. The number of carboxylic acid groups (broad SMARTS) is 1. The number of benzene rings is 1. The zero-order valence-corrected chi connectivity index (χ0v) is 8.18.